The fourth-order valence-corrected chi connectivity index (χ4v) is 3.74. The number of amides is 1. The van der Waals surface area contributed by atoms with Crippen LogP contribution in [0.25, 0.3) is 0 Å². The van der Waals surface area contributed by atoms with Crippen LogP contribution in [0, 0.1) is 5.82 Å². The van der Waals surface area contributed by atoms with Gasteiger partial charge in [0.05, 0.1) is 21.0 Å². The molecule has 0 fully saturated rings. The lowest BCUT2D eigenvalue weighted by molar-refractivity contribution is -0.137. The van der Waals surface area contributed by atoms with E-state index in [1.807, 2.05) is 0 Å². The van der Waals surface area contributed by atoms with E-state index in [1.165, 1.54) is 0 Å². The minimum atomic E-state index is -4.75. The molecule has 0 aromatic heterocycles. The number of sulfonamides is 1. The van der Waals surface area contributed by atoms with Gasteiger partial charge in [0.25, 0.3) is 5.91 Å². The first-order chi connectivity index (χ1) is 12.8. The Labute approximate surface area is 163 Å². The molecule has 0 atom stereocenters. The van der Waals surface area contributed by atoms with E-state index in [1.54, 1.807) is 13.8 Å². The molecule has 0 bridgehead atoms. The van der Waals surface area contributed by atoms with Crippen molar-refractivity contribution in [2.24, 2.45) is 0 Å². The van der Waals surface area contributed by atoms with Gasteiger partial charge in [0.1, 0.15) is 5.82 Å². The Hall–Kier alpha value is -2.17. The number of rotatable bonds is 5. The Morgan fingerprint density at radius 2 is 1.75 bits per heavy atom. The predicted octanol–water partition coefficient (Wildman–Crippen LogP) is 4.44. The first-order valence-corrected chi connectivity index (χ1v) is 9.67. The summed E-state index contributed by atoms with van der Waals surface area (Å²) < 4.78 is 79.4. The minimum Gasteiger partial charge on any atom is -0.322 e. The van der Waals surface area contributed by atoms with Crippen molar-refractivity contribution in [3.8, 4) is 0 Å². The molecule has 0 aliphatic heterocycles. The lowest BCUT2D eigenvalue weighted by Crippen LogP contribution is -2.30. The van der Waals surface area contributed by atoms with Crippen LogP contribution in [0.4, 0.5) is 23.2 Å². The van der Waals surface area contributed by atoms with Crippen LogP contribution < -0.4 is 10.0 Å². The van der Waals surface area contributed by atoms with E-state index in [0.29, 0.717) is 6.07 Å². The smallest absolute Gasteiger partial charge is 0.322 e. The second-order valence-electron chi connectivity index (χ2n) is 6.06. The molecular weight excluding hydrogens is 424 g/mol. The molecule has 0 spiro atoms. The van der Waals surface area contributed by atoms with Gasteiger partial charge in [0, 0.05) is 11.7 Å². The number of benzene rings is 2. The molecule has 0 heterocycles. The number of anilines is 1. The molecule has 5 nitrogen and oxygen atoms in total. The molecule has 0 radical (unpaired) electrons. The summed E-state index contributed by atoms with van der Waals surface area (Å²) >= 11 is 5.51. The number of carbonyl (C=O) groups excluding carboxylic acids is 1. The van der Waals surface area contributed by atoms with Crippen molar-refractivity contribution in [3.05, 3.63) is 58.4 Å². The van der Waals surface area contributed by atoms with Gasteiger partial charge in [0.15, 0.2) is 0 Å². The van der Waals surface area contributed by atoms with E-state index >= 15 is 0 Å². The zero-order valence-electron chi connectivity index (χ0n) is 14.6. The summed E-state index contributed by atoms with van der Waals surface area (Å²) in [6, 6.07) is 4.75. The summed E-state index contributed by atoms with van der Waals surface area (Å²) in [4.78, 5) is 11.9. The molecule has 2 aromatic rings. The molecule has 11 heteroatoms. The third-order valence-electron chi connectivity index (χ3n) is 3.41. The quantitative estimate of drug-likeness (QED) is 0.678. The van der Waals surface area contributed by atoms with E-state index < -0.39 is 50.1 Å². The monoisotopic (exact) mass is 438 g/mol. The maximum atomic E-state index is 14.0. The van der Waals surface area contributed by atoms with Crippen molar-refractivity contribution in [1.29, 1.82) is 0 Å². The second kappa shape index (κ2) is 8.06. The average Bonchev–Trinajstić information content (AvgIpc) is 2.54. The van der Waals surface area contributed by atoms with Crippen LogP contribution in [0.1, 0.15) is 29.8 Å². The summed E-state index contributed by atoms with van der Waals surface area (Å²) in [7, 11) is -4.00. The predicted molar refractivity (Wildman–Crippen MR) is 96.3 cm³/mol. The fourth-order valence-electron chi connectivity index (χ4n) is 2.24. The van der Waals surface area contributed by atoms with E-state index in [4.69, 9.17) is 11.6 Å². The molecule has 28 heavy (non-hydrogen) atoms. The van der Waals surface area contributed by atoms with Crippen LogP contribution in [0.15, 0.2) is 41.3 Å². The summed E-state index contributed by atoms with van der Waals surface area (Å²) in [6.45, 7) is 3.15. The number of hydrogen-bond acceptors (Lipinski definition) is 3. The summed E-state index contributed by atoms with van der Waals surface area (Å²) in [5, 5.41) is 1.54. The Bertz CT molecular complexity index is 1010. The number of alkyl halides is 3. The van der Waals surface area contributed by atoms with Crippen molar-refractivity contribution in [2.75, 3.05) is 5.32 Å². The summed E-state index contributed by atoms with van der Waals surface area (Å²) in [5.41, 5.74) is -2.10. The van der Waals surface area contributed by atoms with Gasteiger partial charge in [-0.1, -0.05) is 11.6 Å². The van der Waals surface area contributed by atoms with Crippen LogP contribution >= 0.6 is 11.6 Å². The molecule has 0 saturated carbocycles. The summed E-state index contributed by atoms with van der Waals surface area (Å²) in [5.74, 6) is -2.15. The molecule has 0 unspecified atom stereocenters. The van der Waals surface area contributed by atoms with Gasteiger partial charge in [-0.05, 0) is 50.2 Å². The Morgan fingerprint density at radius 3 is 2.32 bits per heavy atom. The first-order valence-electron chi connectivity index (χ1n) is 7.81. The molecule has 2 aromatic carbocycles. The maximum absolute atomic E-state index is 14.0. The highest BCUT2D eigenvalue weighted by atomic mass is 35.5. The van der Waals surface area contributed by atoms with Crippen molar-refractivity contribution in [1.82, 2.24) is 4.72 Å². The Balaban J connectivity index is 2.37. The molecule has 0 aliphatic carbocycles. The largest absolute Gasteiger partial charge is 0.417 e. The van der Waals surface area contributed by atoms with E-state index in [2.05, 4.69) is 10.0 Å². The highest BCUT2D eigenvalue weighted by Crippen LogP contribution is 2.36. The van der Waals surface area contributed by atoms with Crippen LogP contribution in [0.3, 0.4) is 0 Å². The number of carbonyl (C=O) groups is 1. The van der Waals surface area contributed by atoms with Crippen LogP contribution in [0.2, 0.25) is 5.02 Å². The maximum Gasteiger partial charge on any atom is 0.417 e. The zero-order chi connectivity index (χ0) is 21.3. The highest BCUT2D eigenvalue weighted by Gasteiger charge is 2.33. The zero-order valence-corrected chi connectivity index (χ0v) is 16.1. The Kier molecular flexibility index (Phi) is 6.37. The van der Waals surface area contributed by atoms with Gasteiger partial charge in [-0.15, -0.1) is 0 Å². The van der Waals surface area contributed by atoms with Gasteiger partial charge in [-0.2, -0.15) is 13.2 Å². The van der Waals surface area contributed by atoms with E-state index in [-0.39, 0.29) is 10.6 Å². The van der Waals surface area contributed by atoms with Gasteiger partial charge >= 0.3 is 6.18 Å². The van der Waals surface area contributed by atoms with Crippen LogP contribution in [-0.4, -0.2) is 20.4 Å². The second-order valence-corrected chi connectivity index (χ2v) is 8.19. The van der Waals surface area contributed by atoms with Gasteiger partial charge in [-0.3, -0.25) is 4.79 Å². The van der Waals surface area contributed by atoms with Crippen molar-refractivity contribution in [2.45, 2.75) is 31.0 Å². The molecular formula is C17H15ClF4N2O3S. The third kappa shape index (κ3) is 5.21. The van der Waals surface area contributed by atoms with Crippen molar-refractivity contribution >= 4 is 33.2 Å². The molecule has 2 N–H and O–H groups in total. The normalized spacial score (nSPS) is 12.3. The third-order valence-corrected chi connectivity index (χ3v) is 5.40. The molecule has 0 aliphatic rings. The van der Waals surface area contributed by atoms with Gasteiger partial charge in [0.2, 0.25) is 10.0 Å². The molecule has 152 valence electrons. The number of halogens is 5. The molecule has 1 amide bonds. The van der Waals surface area contributed by atoms with Crippen molar-refractivity contribution < 1.29 is 30.8 Å². The van der Waals surface area contributed by atoms with Gasteiger partial charge < -0.3 is 5.32 Å². The number of nitrogens with one attached hydrogen (secondary N) is 2. The van der Waals surface area contributed by atoms with Gasteiger partial charge in [-0.25, -0.2) is 17.5 Å². The number of hydrogen-bond donors (Lipinski definition) is 2. The first kappa shape index (κ1) is 22.1. The molecule has 0 saturated heterocycles. The average molecular weight is 439 g/mol. The SMILES string of the molecule is CC(C)NS(=O)(=O)c1ccc(F)c(C(=O)Nc2ccc(Cl)c(C(F)(F)F)c2)c1. The lowest BCUT2D eigenvalue weighted by Gasteiger charge is -2.13. The van der Waals surface area contributed by atoms with E-state index in [0.717, 1.165) is 30.3 Å². The van der Waals surface area contributed by atoms with Crippen molar-refractivity contribution in [3.63, 3.8) is 0 Å². The van der Waals surface area contributed by atoms with E-state index in [9.17, 15) is 30.8 Å². The standard InChI is InChI=1S/C17H15ClF4N2O3S/c1-9(2)24-28(26,27)11-4-6-15(19)12(8-11)16(25)23-10-3-5-14(18)13(7-10)17(20,21)22/h3-9,24H,1-2H3,(H,23,25). The highest BCUT2D eigenvalue weighted by molar-refractivity contribution is 7.89. The minimum absolute atomic E-state index is 0.283. The van der Waals surface area contributed by atoms with Crippen LogP contribution in [-0.2, 0) is 16.2 Å². The topological polar surface area (TPSA) is 75.3 Å². The molecule has 2 rings (SSSR count). The fraction of sp³-hybridized carbons (Fsp3) is 0.235. The summed E-state index contributed by atoms with van der Waals surface area (Å²) in [6.07, 6.45) is -4.75. The lowest BCUT2D eigenvalue weighted by atomic mass is 10.1. The van der Waals surface area contributed by atoms with Crippen LogP contribution in [0.5, 0.6) is 0 Å². The Morgan fingerprint density at radius 1 is 1.11 bits per heavy atom.